The van der Waals surface area contributed by atoms with Gasteiger partial charge in [-0.2, -0.15) is 0 Å². The number of carbonyl (C=O) groups is 2. The Balaban J connectivity index is 1.96. The second-order valence-corrected chi connectivity index (χ2v) is 6.56. The SMILES string of the molecule is COC(=O)c1cc(Br)cc(NC(=O)c2cc3cc(OC)ccc3[nH]c2=O)c1. The quantitative estimate of drug-likeness (QED) is 0.618. The Morgan fingerprint density at radius 1 is 1.07 bits per heavy atom. The molecule has 138 valence electrons. The first-order valence-electron chi connectivity index (χ1n) is 7.82. The van der Waals surface area contributed by atoms with Crippen molar-refractivity contribution in [3.63, 3.8) is 0 Å². The Morgan fingerprint density at radius 3 is 2.56 bits per heavy atom. The molecule has 2 aromatic carbocycles. The van der Waals surface area contributed by atoms with E-state index >= 15 is 0 Å². The molecule has 0 spiro atoms. The van der Waals surface area contributed by atoms with Gasteiger partial charge in [-0.25, -0.2) is 4.79 Å². The number of amides is 1. The lowest BCUT2D eigenvalue weighted by Crippen LogP contribution is -2.23. The van der Waals surface area contributed by atoms with Crippen LogP contribution in [-0.2, 0) is 4.74 Å². The summed E-state index contributed by atoms with van der Waals surface area (Å²) in [6.45, 7) is 0. The number of H-pyrrole nitrogens is 1. The number of aromatic amines is 1. The molecule has 3 aromatic rings. The number of aromatic nitrogens is 1. The van der Waals surface area contributed by atoms with E-state index in [2.05, 4.69) is 31.0 Å². The third-order valence-corrected chi connectivity index (χ3v) is 4.33. The molecule has 0 aliphatic heterocycles. The average molecular weight is 431 g/mol. The Bertz CT molecular complexity index is 1110. The van der Waals surface area contributed by atoms with E-state index < -0.39 is 17.4 Å². The van der Waals surface area contributed by atoms with Gasteiger partial charge in [0.15, 0.2) is 0 Å². The topological polar surface area (TPSA) is 97.5 Å². The predicted octanol–water partition coefficient (Wildman–Crippen LogP) is 3.34. The first-order valence-corrected chi connectivity index (χ1v) is 8.62. The normalized spacial score (nSPS) is 10.5. The summed E-state index contributed by atoms with van der Waals surface area (Å²) in [7, 11) is 2.80. The molecule has 8 heteroatoms. The van der Waals surface area contributed by atoms with Gasteiger partial charge in [-0.15, -0.1) is 0 Å². The molecule has 0 aliphatic rings. The van der Waals surface area contributed by atoms with E-state index in [-0.39, 0.29) is 11.1 Å². The lowest BCUT2D eigenvalue weighted by Gasteiger charge is -2.09. The Hall–Kier alpha value is -3.13. The molecule has 3 rings (SSSR count). The van der Waals surface area contributed by atoms with Crippen LogP contribution in [0.3, 0.4) is 0 Å². The van der Waals surface area contributed by atoms with Gasteiger partial charge in [0.25, 0.3) is 11.5 Å². The van der Waals surface area contributed by atoms with Crippen LogP contribution in [0.5, 0.6) is 5.75 Å². The largest absolute Gasteiger partial charge is 0.497 e. The summed E-state index contributed by atoms with van der Waals surface area (Å²) >= 11 is 3.28. The van der Waals surface area contributed by atoms with E-state index in [0.717, 1.165) is 0 Å². The number of methoxy groups -OCH3 is 2. The van der Waals surface area contributed by atoms with Crippen molar-refractivity contribution < 1.29 is 19.1 Å². The van der Waals surface area contributed by atoms with E-state index in [9.17, 15) is 14.4 Å². The van der Waals surface area contributed by atoms with E-state index in [1.54, 1.807) is 30.3 Å². The highest BCUT2D eigenvalue weighted by molar-refractivity contribution is 9.10. The van der Waals surface area contributed by atoms with Crippen LogP contribution >= 0.6 is 15.9 Å². The zero-order chi connectivity index (χ0) is 19.6. The molecule has 0 atom stereocenters. The van der Waals surface area contributed by atoms with Crippen molar-refractivity contribution in [2.24, 2.45) is 0 Å². The molecule has 0 saturated carbocycles. The average Bonchev–Trinajstić information content (AvgIpc) is 2.65. The fraction of sp³-hybridized carbons (Fsp3) is 0.105. The lowest BCUT2D eigenvalue weighted by molar-refractivity contribution is 0.0600. The Labute approximate surface area is 162 Å². The van der Waals surface area contributed by atoms with Crippen LogP contribution < -0.4 is 15.6 Å². The Morgan fingerprint density at radius 2 is 1.85 bits per heavy atom. The second-order valence-electron chi connectivity index (χ2n) is 5.64. The number of pyridine rings is 1. The number of fused-ring (bicyclic) bond motifs is 1. The van der Waals surface area contributed by atoms with Gasteiger partial charge in [0.2, 0.25) is 0 Å². The smallest absolute Gasteiger partial charge is 0.337 e. The molecule has 2 N–H and O–H groups in total. The first kappa shape index (κ1) is 18.7. The summed E-state index contributed by atoms with van der Waals surface area (Å²) in [5, 5.41) is 3.28. The molecule has 0 unspecified atom stereocenters. The fourth-order valence-corrected chi connectivity index (χ4v) is 3.07. The fourth-order valence-electron chi connectivity index (χ4n) is 2.58. The summed E-state index contributed by atoms with van der Waals surface area (Å²) in [4.78, 5) is 39.3. The van der Waals surface area contributed by atoms with Gasteiger partial charge in [-0.05, 0) is 42.5 Å². The number of benzene rings is 2. The number of carbonyl (C=O) groups excluding carboxylic acids is 2. The van der Waals surface area contributed by atoms with Crippen molar-refractivity contribution in [2.75, 3.05) is 19.5 Å². The molecule has 7 nitrogen and oxygen atoms in total. The molecule has 1 heterocycles. The van der Waals surface area contributed by atoms with E-state index in [4.69, 9.17) is 4.74 Å². The maximum Gasteiger partial charge on any atom is 0.337 e. The van der Waals surface area contributed by atoms with Crippen LogP contribution in [0.1, 0.15) is 20.7 Å². The molecule has 1 amide bonds. The molecular weight excluding hydrogens is 416 g/mol. The van der Waals surface area contributed by atoms with Gasteiger partial charge in [0.05, 0.1) is 19.8 Å². The zero-order valence-corrected chi connectivity index (χ0v) is 16.0. The van der Waals surface area contributed by atoms with E-state index in [1.165, 1.54) is 26.4 Å². The summed E-state index contributed by atoms with van der Waals surface area (Å²) < 4.78 is 10.4. The number of ether oxygens (including phenoxy) is 2. The molecule has 27 heavy (non-hydrogen) atoms. The molecule has 0 radical (unpaired) electrons. The maximum atomic E-state index is 12.6. The van der Waals surface area contributed by atoms with E-state index in [0.29, 0.717) is 26.8 Å². The number of esters is 1. The highest BCUT2D eigenvalue weighted by atomic mass is 79.9. The number of anilines is 1. The van der Waals surface area contributed by atoms with Gasteiger partial charge >= 0.3 is 5.97 Å². The van der Waals surface area contributed by atoms with Crippen LogP contribution in [0.25, 0.3) is 10.9 Å². The summed E-state index contributed by atoms with van der Waals surface area (Å²) in [6, 6.07) is 11.3. The minimum Gasteiger partial charge on any atom is -0.497 e. The molecule has 0 aliphatic carbocycles. The number of hydrogen-bond acceptors (Lipinski definition) is 5. The van der Waals surface area contributed by atoms with Crippen molar-refractivity contribution in [2.45, 2.75) is 0 Å². The monoisotopic (exact) mass is 430 g/mol. The molecule has 0 saturated heterocycles. The molecule has 0 fully saturated rings. The van der Waals surface area contributed by atoms with Gasteiger partial charge in [0.1, 0.15) is 11.3 Å². The first-order chi connectivity index (χ1) is 12.9. The highest BCUT2D eigenvalue weighted by Gasteiger charge is 2.15. The van der Waals surface area contributed by atoms with Crippen LogP contribution in [0.15, 0.2) is 51.7 Å². The van der Waals surface area contributed by atoms with Gasteiger partial charge in [-0.3, -0.25) is 9.59 Å². The van der Waals surface area contributed by atoms with Crippen LogP contribution in [0.2, 0.25) is 0 Å². The standard InChI is InChI=1S/C19H15BrN2O5/c1-26-14-3-4-16-10(7-14)8-15(18(24)22-16)17(23)21-13-6-11(19(25)27-2)5-12(20)9-13/h3-9H,1-2H3,(H,21,23)(H,22,24). The maximum absolute atomic E-state index is 12.6. The minimum atomic E-state index is -0.602. The molecule has 0 bridgehead atoms. The van der Waals surface area contributed by atoms with Crippen molar-refractivity contribution in [3.8, 4) is 5.75 Å². The van der Waals surface area contributed by atoms with Gasteiger partial charge in [-0.1, -0.05) is 15.9 Å². The predicted molar refractivity (Wildman–Crippen MR) is 105 cm³/mol. The number of halogens is 1. The second kappa shape index (κ2) is 7.63. The molecular formula is C19H15BrN2O5. The van der Waals surface area contributed by atoms with Crippen molar-refractivity contribution in [3.05, 3.63) is 68.4 Å². The highest BCUT2D eigenvalue weighted by Crippen LogP contribution is 2.22. The van der Waals surface area contributed by atoms with Crippen molar-refractivity contribution in [1.82, 2.24) is 4.98 Å². The lowest BCUT2D eigenvalue weighted by atomic mass is 10.1. The van der Waals surface area contributed by atoms with Crippen molar-refractivity contribution >= 4 is 44.4 Å². The number of nitrogens with one attached hydrogen (secondary N) is 2. The summed E-state index contributed by atoms with van der Waals surface area (Å²) in [5.41, 5.74) is 0.621. The van der Waals surface area contributed by atoms with Crippen LogP contribution in [0, 0.1) is 0 Å². The van der Waals surface area contributed by atoms with Crippen molar-refractivity contribution in [1.29, 1.82) is 0 Å². The zero-order valence-electron chi connectivity index (χ0n) is 14.5. The summed E-state index contributed by atoms with van der Waals surface area (Å²) in [5.74, 6) is -0.534. The van der Waals surface area contributed by atoms with E-state index in [1.807, 2.05) is 0 Å². The van der Waals surface area contributed by atoms with Gasteiger partial charge in [0, 0.05) is 21.1 Å². The van der Waals surface area contributed by atoms with Crippen LogP contribution in [0.4, 0.5) is 5.69 Å². The third kappa shape index (κ3) is 4.01. The summed E-state index contributed by atoms with van der Waals surface area (Å²) in [6.07, 6.45) is 0. The molecule has 1 aromatic heterocycles. The van der Waals surface area contributed by atoms with Gasteiger partial charge < -0.3 is 19.8 Å². The third-order valence-electron chi connectivity index (χ3n) is 3.87. The minimum absolute atomic E-state index is 0.0599. The number of hydrogen-bond donors (Lipinski definition) is 2. The number of rotatable bonds is 4. The van der Waals surface area contributed by atoms with Crippen LogP contribution in [-0.4, -0.2) is 31.1 Å². The Kier molecular flexibility index (Phi) is 5.27.